The summed E-state index contributed by atoms with van der Waals surface area (Å²) in [7, 11) is 0. The molecule has 0 atom stereocenters. The summed E-state index contributed by atoms with van der Waals surface area (Å²) < 4.78 is 0. The summed E-state index contributed by atoms with van der Waals surface area (Å²) >= 11 is 0. The van der Waals surface area contributed by atoms with E-state index in [0.29, 0.717) is 22.3 Å². The van der Waals surface area contributed by atoms with Gasteiger partial charge in [0.1, 0.15) is 16.7 Å². The van der Waals surface area contributed by atoms with Crippen LogP contribution in [0.1, 0.15) is 20.8 Å². The van der Waals surface area contributed by atoms with E-state index in [1.54, 1.807) is 18.2 Å². The monoisotopic (exact) mass is 283 g/mol. The van der Waals surface area contributed by atoms with E-state index in [1.807, 2.05) is 0 Å². The Bertz CT molecular complexity index is 842. The molecule has 0 saturated heterocycles. The Balaban J connectivity index is 1.85. The molecule has 2 aromatic heterocycles. The molecule has 3 N–H and O–H groups in total. The fourth-order valence-corrected chi connectivity index (χ4v) is 1.81. The maximum atomic E-state index is 12.1. The molecule has 3 aromatic rings. The van der Waals surface area contributed by atoms with Crippen LogP contribution in [0.15, 0.2) is 36.5 Å². The average Bonchev–Trinajstić information content (AvgIpc) is 2.94. The number of pyridine rings is 1. The van der Waals surface area contributed by atoms with Crippen molar-refractivity contribution in [1.29, 1.82) is 0 Å². The molecular formula is C13H9N5O3. The normalized spacial score (nSPS) is 10.5. The van der Waals surface area contributed by atoms with Crippen LogP contribution >= 0.6 is 0 Å². The molecule has 0 spiro atoms. The van der Waals surface area contributed by atoms with E-state index < -0.39 is 5.97 Å². The zero-order valence-electron chi connectivity index (χ0n) is 10.6. The molecule has 0 aliphatic carbocycles. The summed E-state index contributed by atoms with van der Waals surface area (Å²) in [5.74, 6) is -1.53. The highest BCUT2D eigenvalue weighted by Crippen LogP contribution is 2.14. The number of amides is 1. The van der Waals surface area contributed by atoms with Crippen molar-refractivity contribution in [3.05, 3.63) is 47.8 Å². The number of anilines is 1. The van der Waals surface area contributed by atoms with Crippen LogP contribution in [0, 0.1) is 0 Å². The molecule has 2 heterocycles. The first-order valence-corrected chi connectivity index (χ1v) is 5.95. The van der Waals surface area contributed by atoms with Crippen LogP contribution in [0.4, 0.5) is 5.69 Å². The number of aromatic nitrogens is 4. The van der Waals surface area contributed by atoms with Gasteiger partial charge in [-0.25, -0.2) is 9.78 Å². The number of H-pyrrole nitrogens is 1. The van der Waals surface area contributed by atoms with Crippen molar-refractivity contribution in [2.75, 3.05) is 5.32 Å². The minimum absolute atomic E-state index is 0.139. The number of carboxylic acid groups (broad SMARTS) is 1. The second-order valence-corrected chi connectivity index (χ2v) is 4.22. The van der Waals surface area contributed by atoms with Crippen LogP contribution in [0.25, 0.3) is 11.0 Å². The van der Waals surface area contributed by atoms with Crippen LogP contribution in [0.5, 0.6) is 0 Å². The standard InChI is InChI=1S/C13H9N5O3/c19-12(7-1-2-9-10(5-7)17-18-16-9)15-8-3-4-14-11(6-8)13(20)21/h1-6H,(H,20,21)(H,14,15,19)(H,16,17,18). The summed E-state index contributed by atoms with van der Waals surface area (Å²) in [6.45, 7) is 0. The summed E-state index contributed by atoms with van der Waals surface area (Å²) in [4.78, 5) is 26.6. The molecule has 0 radical (unpaired) electrons. The van der Waals surface area contributed by atoms with Crippen LogP contribution in [0.2, 0.25) is 0 Å². The number of benzene rings is 1. The molecule has 0 fully saturated rings. The van der Waals surface area contributed by atoms with E-state index >= 15 is 0 Å². The van der Waals surface area contributed by atoms with E-state index in [2.05, 4.69) is 25.7 Å². The first kappa shape index (κ1) is 12.7. The molecule has 0 aliphatic rings. The minimum atomic E-state index is -1.16. The fourth-order valence-electron chi connectivity index (χ4n) is 1.81. The van der Waals surface area contributed by atoms with E-state index in [0.717, 1.165) is 0 Å². The molecule has 0 bridgehead atoms. The molecule has 0 saturated carbocycles. The first-order chi connectivity index (χ1) is 10.1. The van der Waals surface area contributed by atoms with Gasteiger partial charge in [-0.3, -0.25) is 4.79 Å². The number of nitrogens with zero attached hydrogens (tertiary/aromatic N) is 3. The van der Waals surface area contributed by atoms with Crippen LogP contribution in [-0.2, 0) is 0 Å². The van der Waals surface area contributed by atoms with Crippen molar-refractivity contribution < 1.29 is 14.7 Å². The zero-order valence-corrected chi connectivity index (χ0v) is 10.6. The molecule has 8 heteroatoms. The Kier molecular flexibility index (Phi) is 3.03. The molecule has 8 nitrogen and oxygen atoms in total. The lowest BCUT2D eigenvalue weighted by atomic mass is 10.2. The van der Waals surface area contributed by atoms with Gasteiger partial charge in [-0.05, 0) is 30.3 Å². The summed E-state index contributed by atoms with van der Waals surface area (Å²) in [6.07, 6.45) is 1.32. The Hall–Kier alpha value is -3.29. The van der Waals surface area contributed by atoms with Gasteiger partial charge in [0.05, 0.1) is 0 Å². The van der Waals surface area contributed by atoms with Crippen LogP contribution in [-0.4, -0.2) is 37.4 Å². The minimum Gasteiger partial charge on any atom is -0.477 e. The maximum Gasteiger partial charge on any atom is 0.354 e. The van der Waals surface area contributed by atoms with Gasteiger partial charge < -0.3 is 10.4 Å². The Labute approximate surface area is 117 Å². The van der Waals surface area contributed by atoms with Crippen LogP contribution in [0.3, 0.4) is 0 Å². The average molecular weight is 283 g/mol. The second kappa shape index (κ2) is 5.00. The summed E-state index contributed by atoms with van der Waals surface area (Å²) in [5.41, 5.74) is 1.84. The number of nitrogens with one attached hydrogen (secondary N) is 2. The van der Waals surface area contributed by atoms with Gasteiger partial charge >= 0.3 is 5.97 Å². The maximum absolute atomic E-state index is 12.1. The van der Waals surface area contributed by atoms with Crippen molar-refractivity contribution in [1.82, 2.24) is 20.4 Å². The number of hydrogen-bond acceptors (Lipinski definition) is 5. The van der Waals surface area contributed by atoms with Crippen molar-refractivity contribution in [2.45, 2.75) is 0 Å². The van der Waals surface area contributed by atoms with Crippen LogP contribution < -0.4 is 5.32 Å². The smallest absolute Gasteiger partial charge is 0.354 e. The number of fused-ring (bicyclic) bond motifs is 1. The number of carbonyl (C=O) groups is 2. The van der Waals surface area contributed by atoms with Gasteiger partial charge in [-0.15, -0.1) is 0 Å². The highest BCUT2D eigenvalue weighted by molar-refractivity contribution is 6.06. The molecule has 3 rings (SSSR count). The van der Waals surface area contributed by atoms with Gasteiger partial charge in [0, 0.05) is 17.4 Å². The molecule has 21 heavy (non-hydrogen) atoms. The first-order valence-electron chi connectivity index (χ1n) is 5.95. The quantitative estimate of drug-likeness (QED) is 0.666. The third-order valence-electron chi connectivity index (χ3n) is 2.82. The van der Waals surface area contributed by atoms with Gasteiger partial charge in [0.25, 0.3) is 5.91 Å². The van der Waals surface area contributed by atoms with Crippen molar-refractivity contribution in [2.24, 2.45) is 0 Å². The predicted octanol–water partition coefficient (Wildman–Crippen LogP) is 1.30. The van der Waals surface area contributed by atoms with E-state index in [4.69, 9.17) is 5.11 Å². The highest BCUT2D eigenvalue weighted by Gasteiger charge is 2.10. The zero-order chi connectivity index (χ0) is 14.8. The van der Waals surface area contributed by atoms with Gasteiger partial charge in [-0.2, -0.15) is 15.4 Å². The lowest BCUT2D eigenvalue weighted by molar-refractivity contribution is 0.0690. The number of aromatic carboxylic acids is 1. The second-order valence-electron chi connectivity index (χ2n) is 4.22. The SMILES string of the molecule is O=C(Nc1ccnc(C(=O)O)c1)c1ccc2n[nH]nc2c1. The number of carboxylic acids is 1. The Morgan fingerprint density at radius 1 is 1.10 bits per heavy atom. The Morgan fingerprint density at radius 3 is 2.71 bits per heavy atom. The largest absolute Gasteiger partial charge is 0.477 e. The summed E-state index contributed by atoms with van der Waals surface area (Å²) in [6, 6.07) is 7.67. The number of aromatic amines is 1. The highest BCUT2D eigenvalue weighted by atomic mass is 16.4. The molecule has 1 amide bonds. The van der Waals surface area contributed by atoms with E-state index in [1.165, 1.54) is 18.3 Å². The molecular weight excluding hydrogens is 274 g/mol. The van der Waals surface area contributed by atoms with Gasteiger partial charge in [-0.1, -0.05) is 0 Å². The molecule has 0 aliphatic heterocycles. The third-order valence-corrected chi connectivity index (χ3v) is 2.82. The van der Waals surface area contributed by atoms with Gasteiger partial charge in [0.2, 0.25) is 0 Å². The predicted molar refractivity (Wildman–Crippen MR) is 73.0 cm³/mol. The number of hydrogen-bond donors (Lipinski definition) is 3. The number of rotatable bonds is 3. The number of carbonyl (C=O) groups excluding carboxylic acids is 1. The van der Waals surface area contributed by atoms with E-state index in [9.17, 15) is 9.59 Å². The van der Waals surface area contributed by atoms with Crippen molar-refractivity contribution >= 4 is 28.6 Å². The lowest BCUT2D eigenvalue weighted by Crippen LogP contribution is -2.12. The lowest BCUT2D eigenvalue weighted by Gasteiger charge is -2.05. The van der Waals surface area contributed by atoms with Gasteiger partial charge in [0.15, 0.2) is 0 Å². The van der Waals surface area contributed by atoms with Crippen molar-refractivity contribution in [3.8, 4) is 0 Å². The Morgan fingerprint density at radius 2 is 1.90 bits per heavy atom. The summed E-state index contributed by atoms with van der Waals surface area (Å²) in [5, 5.41) is 21.7. The van der Waals surface area contributed by atoms with E-state index in [-0.39, 0.29) is 11.6 Å². The molecule has 104 valence electrons. The topological polar surface area (TPSA) is 121 Å². The molecule has 0 unspecified atom stereocenters. The third kappa shape index (κ3) is 2.54. The van der Waals surface area contributed by atoms with Crippen molar-refractivity contribution in [3.63, 3.8) is 0 Å². The fraction of sp³-hybridized carbons (Fsp3) is 0. The molecule has 1 aromatic carbocycles.